The Hall–Kier alpha value is -1.28. The van der Waals surface area contributed by atoms with Crippen LogP contribution in [0.5, 0.6) is 5.75 Å². The molecule has 2 heteroatoms. The smallest absolute Gasteiger partial charge is 0.120 e. The third-order valence-electron chi connectivity index (χ3n) is 3.13. The van der Waals surface area contributed by atoms with Crippen molar-refractivity contribution in [3.8, 4) is 5.75 Å². The van der Waals surface area contributed by atoms with Crippen molar-refractivity contribution in [2.45, 2.75) is 32.7 Å². The van der Waals surface area contributed by atoms with Crippen molar-refractivity contribution < 1.29 is 4.74 Å². The van der Waals surface area contributed by atoms with E-state index in [0.29, 0.717) is 12.6 Å². The molecular formula is C15H21NO. The number of hydrogen-bond acceptors (Lipinski definition) is 2. The standard InChI is InChI=1S/C15H21NO/c1-4-16-15-8-5-12-9-13(6-7-14(12)15)17-10-11(2)3/h6-7,9,15-16H,2,4-5,8,10H2,1,3H3. The fourth-order valence-electron chi connectivity index (χ4n) is 2.35. The molecule has 0 fully saturated rings. The maximum absolute atomic E-state index is 5.67. The third-order valence-corrected chi connectivity index (χ3v) is 3.13. The molecule has 1 atom stereocenters. The molecule has 0 heterocycles. The number of fused-ring (bicyclic) bond motifs is 1. The third kappa shape index (κ3) is 2.89. The molecule has 1 aromatic carbocycles. The predicted molar refractivity (Wildman–Crippen MR) is 71.5 cm³/mol. The number of nitrogens with one attached hydrogen (secondary N) is 1. The highest BCUT2D eigenvalue weighted by molar-refractivity contribution is 5.40. The molecule has 2 nitrogen and oxygen atoms in total. The van der Waals surface area contributed by atoms with E-state index in [9.17, 15) is 0 Å². The second-order valence-electron chi connectivity index (χ2n) is 4.76. The average Bonchev–Trinajstić information content (AvgIpc) is 2.70. The Morgan fingerprint density at radius 1 is 1.53 bits per heavy atom. The molecule has 1 aliphatic carbocycles. The summed E-state index contributed by atoms with van der Waals surface area (Å²) < 4.78 is 5.67. The summed E-state index contributed by atoms with van der Waals surface area (Å²) in [6.45, 7) is 9.61. The second-order valence-corrected chi connectivity index (χ2v) is 4.76. The summed E-state index contributed by atoms with van der Waals surface area (Å²) in [5.74, 6) is 0.962. The van der Waals surface area contributed by atoms with Gasteiger partial charge in [0.1, 0.15) is 12.4 Å². The van der Waals surface area contributed by atoms with E-state index in [4.69, 9.17) is 4.74 Å². The Balaban J connectivity index is 2.08. The van der Waals surface area contributed by atoms with Crippen molar-refractivity contribution in [2.75, 3.05) is 13.2 Å². The molecule has 1 N–H and O–H groups in total. The monoisotopic (exact) mass is 231 g/mol. The van der Waals surface area contributed by atoms with Crippen LogP contribution in [0.15, 0.2) is 30.4 Å². The molecule has 0 saturated heterocycles. The first-order chi connectivity index (χ1) is 8.20. The van der Waals surface area contributed by atoms with Crippen LogP contribution >= 0.6 is 0 Å². The van der Waals surface area contributed by atoms with Crippen LogP contribution in [0.1, 0.15) is 37.4 Å². The minimum atomic E-state index is 0.533. The molecule has 92 valence electrons. The van der Waals surface area contributed by atoms with Gasteiger partial charge < -0.3 is 10.1 Å². The van der Waals surface area contributed by atoms with E-state index in [1.54, 1.807) is 0 Å². The van der Waals surface area contributed by atoms with E-state index in [2.05, 4.69) is 37.0 Å². The fraction of sp³-hybridized carbons (Fsp3) is 0.467. The highest BCUT2D eigenvalue weighted by atomic mass is 16.5. The van der Waals surface area contributed by atoms with Crippen LogP contribution in [0.4, 0.5) is 0 Å². The SMILES string of the molecule is C=C(C)COc1ccc2c(c1)CCC2NCC. The van der Waals surface area contributed by atoms with Crippen molar-refractivity contribution in [1.29, 1.82) is 0 Å². The van der Waals surface area contributed by atoms with Gasteiger partial charge in [-0.1, -0.05) is 19.6 Å². The lowest BCUT2D eigenvalue weighted by Gasteiger charge is -2.13. The van der Waals surface area contributed by atoms with Crippen LogP contribution in [-0.4, -0.2) is 13.2 Å². The molecule has 2 rings (SSSR count). The zero-order valence-corrected chi connectivity index (χ0v) is 10.8. The molecular weight excluding hydrogens is 210 g/mol. The summed E-state index contributed by atoms with van der Waals surface area (Å²) in [6, 6.07) is 6.97. The predicted octanol–water partition coefficient (Wildman–Crippen LogP) is 3.24. The maximum atomic E-state index is 5.67. The van der Waals surface area contributed by atoms with Gasteiger partial charge in [0.15, 0.2) is 0 Å². The van der Waals surface area contributed by atoms with Crippen molar-refractivity contribution in [3.63, 3.8) is 0 Å². The first-order valence-electron chi connectivity index (χ1n) is 6.34. The molecule has 0 aliphatic heterocycles. The van der Waals surface area contributed by atoms with Crippen LogP contribution in [0.2, 0.25) is 0 Å². The zero-order chi connectivity index (χ0) is 12.3. The Bertz CT molecular complexity index is 411. The molecule has 0 amide bonds. The van der Waals surface area contributed by atoms with Gasteiger partial charge in [-0.2, -0.15) is 0 Å². The number of aryl methyl sites for hydroxylation is 1. The lowest BCUT2D eigenvalue weighted by Crippen LogP contribution is -2.18. The summed E-state index contributed by atoms with van der Waals surface area (Å²) in [7, 11) is 0. The molecule has 1 aliphatic rings. The molecule has 17 heavy (non-hydrogen) atoms. The zero-order valence-electron chi connectivity index (χ0n) is 10.8. The van der Waals surface area contributed by atoms with Gasteiger partial charge in [0.25, 0.3) is 0 Å². The van der Waals surface area contributed by atoms with E-state index in [-0.39, 0.29) is 0 Å². The molecule has 1 unspecified atom stereocenters. The number of benzene rings is 1. The Morgan fingerprint density at radius 2 is 2.35 bits per heavy atom. The maximum Gasteiger partial charge on any atom is 0.120 e. The Kier molecular flexibility index (Phi) is 3.85. The van der Waals surface area contributed by atoms with Gasteiger partial charge in [-0.05, 0) is 55.1 Å². The Morgan fingerprint density at radius 3 is 3.06 bits per heavy atom. The first kappa shape index (κ1) is 12.2. The average molecular weight is 231 g/mol. The molecule has 0 saturated carbocycles. The molecule has 1 aromatic rings. The van der Waals surface area contributed by atoms with E-state index in [1.807, 2.05) is 6.92 Å². The molecule has 0 spiro atoms. The van der Waals surface area contributed by atoms with E-state index in [1.165, 1.54) is 17.5 Å². The van der Waals surface area contributed by atoms with Gasteiger partial charge in [0, 0.05) is 6.04 Å². The summed E-state index contributed by atoms with van der Waals surface area (Å²) in [5.41, 5.74) is 3.92. The van der Waals surface area contributed by atoms with E-state index >= 15 is 0 Å². The van der Waals surface area contributed by atoms with E-state index in [0.717, 1.165) is 24.3 Å². The number of ether oxygens (including phenoxy) is 1. The fourth-order valence-corrected chi connectivity index (χ4v) is 2.35. The van der Waals surface area contributed by atoms with Gasteiger partial charge in [-0.3, -0.25) is 0 Å². The van der Waals surface area contributed by atoms with Crippen molar-refractivity contribution in [1.82, 2.24) is 5.32 Å². The summed E-state index contributed by atoms with van der Waals surface area (Å²) >= 11 is 0. The van der Waals surface area contributed by atoms with Gasteiger partial charge in [-0.25, -0.2) is 0 Å². The second kappa shape index (κ2) is 5.37. The molecule has 0 bridgehead atoms. The lowest BCUT2D eigenvalue weighted by atomic mass is 10.1. The quantitative estimate of drug-likeness (QED) is 0.785. The van der Waals surface area contributed by atoms with Crippen molar-refractivity contribution in [3.05, 3.63) is 41.5 Å². The highest BCUT2D eigenvalue weighted by Crippen LogP contribution is 2.33. The van der Waals surface area contributed by atoms with Gasteiger partial charge in [0.05, 0.1) is 0 Å². The van der Waals surface area contributed by atoms with Crippen LogP contribution in [0.25, 0.3) is 0 Å². The summed E-state index contributed by atoms with van der Waals surface area (Å²) in [6.07, 6.45) is 2.35. The van der Waals surface area contributed by atoms with Crippen LogP contribution in [0.3, 0.4) is 0 Å². The summed E-state index contributed by atoms with van der Waals surface area (Å²) in [4.78, 5) is 0. The first-order valence-corrected chi connectivity index (χ1v) is 6.34. The molecule has 0 aromatic heterocycles. The van der Waals surface area contributed by atoms with Gasteiger partial charge >= 0.3 is 0 Å². The van der Waals surface area contributed by atoms with Crippen LogP contribution in [0, 0.1) is 0 Å². The number of rotatable bonds is 5. The van der Waals surface area contributed by atoms with Crippen molar-refractivity contribution in [2.24, 2.45) is 0 Å². The largest absolute Gasteiger partial charge is 0.489 e. The molecule has 0 radical (unpaired) electrons. The summed E-state index contributed by atoms with van der Waals surface area (Å²) in [5, 5.41) is 3.52. The van der Waals surface area contributed by atoms with Crippen LogP contribution in [-0.2, 0) is 6.42 Å². The van der Waals surface area contributed by atoms with Crippen LogP contribution < -0.4 is 10.1 Å². The topological polar surface area (TPSA) is 21.3 Å². The van der Waals surface area contributed by atoms with Gasteiger partial charge in [0.2, 0.25) is 0 Å². The Labute approximate surface area is 104 Å². The minimum Gasteiger partial charge on any atom is -0.489 e. The normalized spacial score (nSPS) is 17.9. The van der Waals surface area contributed by atoms with Crippen molar-refractivity contribution >= 4 is 0 Å². The lowest BCUT2D eigenvalue weighted by molar-refractivity contribution is 0.352. The van der Waals surface area contributed by atoms with E-state index < -0.39 is 0 Å². The van der Waals surface area contributed by atoms with Gasteiger partial charge in [-0.15, -0.1) is 0 Å². The number of hydrogen-bond donors (Lipinski definition) is 1. The minimum absolute atomic E-state index is 0.533. The highest BCUT2D eigenvalue weighted by Gasteiger charge is 2.21.